The van der Waals surface area contributed by atoms with Gasteiger partial charge in [0.15, 0.2) is 0 Å². The molecule has 1 unspecified atom stereocenters. The highest BCUT2D eigenvalue weighted by atomic mass is 32.2. The molecule has 2 aromatic carbocycles. The van der Waals surface area contributed by atoms with Crippen molar-refractivity contribution in [3.8, 4) is 0 Å². The first-order valence-corrected chi connectivity index (χ1v) is 11.5. The van der Waals surface area contributed by atoms with E-state index in [4.69, 9.17) is 0 Å². The van der Waals surface area contributed by atoms with Gasteiger partial charge < -0.3 is 0 Å². The van der Waals surface area contributed by atoms with E-state index in [0.29, 0.717) is 35.7 Å². The Labute approximate surface area is 159 Å². The highest BCUT2D eigenvalue weighted by Crippen LogP contribution is 2.36. The molecule has 1 aliphatic rings. The molecule has 26 heavy (non-hydrogen) atoms. The first-order chi connectivity index (χ1) is 12.5. The molecule has 0 spiro atoms. The molecule has 1 fully saturated rings. The third kappa shape index (κ3) is 4.30. The van der Waals surface area contributed by atoms with E-state index in [1.165, 1.54) is 10.4 Å². The van der Waals surface area contributed by atoms with Crippen molar-refractivity contribution in [2.75, 3.05) is 18.8 Å². The number of aryl methyl sites for hydroxylation is 1. The summed E-state index contributed by atoms with van der Waals surface area (Å²) in [5.74, 6) is 0.444. The number of hydrogen-bond acceptors (Lipinski definition) is 3. The van der Waals surface area contributed by atoms with Crippen LogP contribution in [-0.4, -0.2) is 31.6 Å². The molecule has 6 heteroatoms. The molecule has 0 radical (unpaired) electrons. The van der Waals surface area contributed by atoms with Crippen LogP contribution in [0.15, 0.2) is 53.4 Å². The lowest BCUT2D eigenvalue weighted by Gasteiger charge is -2.20. The van der Waals surface area contributed by atoms with Gasteiger partial charge in [-0.15, -0.1) is 0 Å². The fraction of sp³-hybridized carbons (Fsp3) is 0.400. The van der Waals surface area contributed by atoms with E-state index >= 15 is 0 Å². The van der Waals surface area contributed by atoms with Crippen LogP contribution < -0.4 is 0 Å². The third-order valence-electron chi connectivity index (χ3n) is 4.65. The summed E-state index contributed by atoms with van der Waals surface area (Å²) >= 11 is 1.63. The van der Waals surface area contributed by atoms with Crippen molar-refractivity contribution in [1.82, 2.24) is 4.31 Å². The van der Waals surface area contributed by atoms with Crippen LogP contribution in [-0.2, 0) is 16.4 Å². The van der Waals surface area contributed by atoms with Crippen LogP contribution in [0.2, 0.25) is 0 Å². The monoisotopic (exact) mass is 393 g/mol. The van der Waals surface area contributed by atoms with Crippen LogP contribution >= 0.6 is 11.8 Å². The molecule has 0 bridgehead atoms. The molecule has 0 N–H and O–H groups in total. The fourth-order valence-corrected chi connectivity index (χ4v) is 6.07. The van der Waals surface area contributed by atoms with Gasteiger partial charge in [0, 0.05) is 29.7 Å². The number of hydrogen-bond donors (Lipinski definition) is 0. The van der Waals surface area contributed by atoms with Crippen molar-refractivity contribution in [3.05, 3.63) is 65.5 Å². The maximum atomic E-state index is 14.1. The average molecular weight is 394 g/mol. The van der Waals surface area contributed by atoms with Gasteiger partial charge in [-0.05, 0) is 36.6 Å². The van der Waals surface area contributed by atoms with Gasteiger partial charge in [-0.2, -0.15) is 16.1 Å². The number of rotatable bonds is 5. The second kappa shape index (κ2) is 8.55. The van der Waals surface area contributed by atoms with E-state index < -0.39 is 10.0 Å². The number of halogens is 1. The van der Waals surface area contributed by atoms with Crippen molar-refractivity contribution in [3.63, 3.8) is 0 Å². The molecular weight excluding hydrogens is 369 g/mol. The molecule has 0 amide bonds. The van der Waals surface area contributed by atoms with E-state index in [2.05, 4.69) is 6.92 Å². The normalized spacial score (nSPS) is 19.2. The molecule has 1 aliphatic heterocycles. The molecule has 2 aromatic rings. The Balaban J connectivity index is 1.74. The van der Waals surface area contributed by atoms with E-state index in [1.54, 1.807) is 36.0 Å². The van der Waals surface area contributed by atoms with E-state index in [9.17, 15) is 12.8 Å². The smallest absolute Gasteiger partial charge is 0.207 e. The maximum Gasteiger partial charge on any atom is 0.243 e. The third-order valence-corrected chi connectivity index (χ3v) is 7.88. The lowest BCUT2D eigenvalue weighted by molar-refractivity contribution is 0.427. The zero-order valence-corrected chi connectivity index (χ0v) is 16.5. The Bertz CT molecular complexity index is 837. The van der Waals surface area contributed by atoms with Crippen LogP contribution in [0, 0.1) is 5.82 Å². The molecule has 0 aromatic heterocycles. The van der Waals surface area contributed by atoms with Crippen molar-refractivity contribution in [1.29, 1.82) is 0 Å². The molecule has 1 atom stereocenters. The molecule has 0 aliphatic carbocycles. The van der Waals surface area contributed by atoms with Crippen LogP contribution in [0.25, 0.3) is 0 Å². The van der Waals surface area contributed by atoms with E-state index in [-0.39, 0.29) is 11.1 Å². The van der Waals surface area contributed by atoms with Gasteiger partial charge in [-0.25, -0.2) is 12.8 Å². The number of sulfonamides is 1. The lowest BCUT2D eigenvalue weighted by Crippen LogP contribution is -2.33. The van der Waals surface area contributed by atoms with Gasteiger partial charge in [-0.1, -0.05) is 43.7 Å². The Morgan fingerprint density at radius 3 is 2.54 bits per heavy atom. The van der Waals surface area contributed by atoms with Crippen LogP contribution in [0.4, 0.5) is 4.39 Å². The van der Waals surface area contributed by atoms with E-state index in [1.807, 2.05) is 18.2 Å². The summed E-state index contributed by atoms with van der Waals surface area (Å²) in [6.45, 7) is 2.96. The van der Waals surface area contributed by atoms with Gasteiger partial charge in [-0.3, -0.25) is 0 Å². The molecule has 0 saturated carbocycles. The van der Waals surface area contributed by atoms with Crippen LogP contribution in [0.1, 0.15) is 36.1 Å². The summed E-state index contributed by atoms with van der Waals surface area (Å²) in [5.41, 5.74) is 1.82. The van der Waals surface area contributed by atoms with Crippen molar-refractivity contribution >= 4 is 21.8 Å². The minimum atomic E-state index is -3.51. The summed E-state index contributed by atoms with van der Waals surface area (Å²) in [7, 11) is -3.51. The van der Waals surface area contributed by atoms with Crippen molar-refractivity contribution in [2.45, 2.75) is 36.3 Å². The highest BCUT2D eigenvalue weighted by molar-refractivity contribution is 7.99. The Hall–Kier alpha value is -1.37. The minimum Gasteiger partial charge on any atom is -0.207 e. The molecule has 1 heterocycles. The molecule has 1 saturated heterocycles. The van der Waals surface area contributed by atoms with Crippen molar-refractivity contribution < 1.29 is 12.8 Å². The second-order valence-corrected chi connectivity index (χ2v) is 9.72. The van der Waals surface area contributed by atoms with Gasteiger partial charge in [0.05, 0.1) is 4.90 Å². The molecular formula is C20H24FNO2S2. The van der Waals surface area contributed by atoms with E-state index in [0.717, 1.165) is 18.4 Å². The van der Waals surface area contributed by atoms with Gasteiger partial charge in [0.25, 0.3) is 0 Å². The second-order valence-electron chi connectivity index (χ2n) is 6.47. The number of thioether (sulfide) groups is 1. The predicted molar refractivity (Wildman–Crippen MR) is 105 cm³/mol. The zero-order chi connectivity index (χ0) is 18.6. The highest BCUT2D eigenvalue weighted by Gasteiger charge is 2.29. The zero-order valence-electron chi connectivity index (χ0n) is 14.9. The standard InChI is InChI=1S/C20H24FNO2S2/c1-2-5-16-8-10-17(11-9-16)26(23,24)22-13-12-20(25-15-14-22)18-6-3-4-7-19(18)21/h3-4,6-11,20H,2,5,12-15H2,1H3. The van der Waals surface area contributed by atoms with Crippen LogP contribution in [0.3, 0.4) is 0 Å². The molecule has 3 nitrogen and oxygen atoms in total. The number of nitrogens with zero attached hydrogens (tertiary/aromatic N) is 1. The quantitative estimate of drug-likeness (QED) is 0.742. The van der Waals surface area contributed by atoms with Crippen molar-refractivity contribution in [2.24, 2.45) is 0 Å². The Kier molecular flexibility index (Phi) is 6.37. The first kappa shape index (κ1) is 19.4. The Morgan fingerprint density at radius 1 is 1.12 bits per heavy atom. The predicted octanol–water partition coefficient (Wildman–Crippen LogP) is 4.65. The summed E-state index contributed by atoms with van der Waals surface area (Å²) in [5, 5.41) is -0.0108. The summed E-state index contributed by atoms with van der Waals surface area (Å²) in [4.78, 5) is 0.340. The summed E-state index contributed by atoms with van der Waals surface area (Å²) in [6, 6.07) is 14.0. The summed E-state index contributed by atoms with van der Waals surface area (Å²) < 4.78 is 41.5. The van der Waals surface area contributed by atoms with Gasteiger partial charge >= 0.3 is 0 Å². The SMILES string of the molecule is CCCc1ccc(S(=O)(=O)N2CCSC(c3ccccc3F)CC2)cc1. The molecule has 3 rings (SSSR count). The van der Waals surface area contributed by atoms with Crippen LogP contribution in [0.5, 0.6) is 0 Å². The van der Waals surface area contributed by atoms with Gasteiger partial charge in [0.1, 0.15) is 5.82 Å². The van der Waals surface area contributed by atoms with Gasteiger partial charge in [0.2, 0.25) is 10.0 Å². The fourth-order valence-electron chi connectivity index (χ4n) is 3.24. The largest absolute Gasteiger partial charge is 0.243 e. The minimum absolute atomic E-state index is 0.0108. The maximum absolute atomic E-state index is 14.1. The lowest BCUT2D eigenvalue weighted by atomic mass is 10.1. The molecule has 140 valence electrons. The topological polar surface area (TPSA) is 37.4 Å². The Morgan fingerprint density at radius 2 is 1.85 bits per heavy atom. The number of benzene rings is 2. The summed E-state index contributed by atoms with van der Waals surface area (Å²) in [6.07, 6.45) is 2.59. The first-order valence-electron chi connectivity index (χ1n) is 8.97. The average Bonchev–Trinajstić information content (AvgIpc) is 2.89.